The molecule has 0 saturated carbocycles. The van der Waals surface area contributed by atoms with Gasteiger partial charge in [-0.3, -0.25) is 9.69 Å². The molecule has 2 fully saturated rings. The van der Waals surface area contributed by atoms with Crippen molar-refractivity contribution in [2.45, 2.75) is 17.7 Å². The fourth-order valence-electron chi connectivity index (χ4n) is 3.84. The highest BCUT2D eigenvalue weighted by molar-refractivity contribution is 7.91. The molecule has 0 aliphatic carbocycles. The lowest BCUT2D eigenvalue weighted by Gasteiger charge is -2.29. The van der Waals surface area contributed by atoms with E-state index in [1.807, 2.05) is 0 Å². The lowest BCUT2D eigenvalue weighted by atomic mass is 9.82. The van der Waals surface area contributed by atoms with E-state index in [1.165, 1.54) is 0 Å². The van der Waals surface area contributed by atoms with Gasteiger partial charge in [0.25, 0.3) is 5.91 Å². The van der Waals surface area contributed by atoms with Crippen LogP contribution >= 0.6 is 0 Å². The van der Waals surface area contributed by atoms with Crippen LogP contribution in [0.5, 0.6) is 0 Å². The van der Waals surface area contributed by atoms with Crippen LogP contribution in [0.3, 0.4) is 0 Å². The zero-order valence-corrected chi connectivity index (χ0v) is 15.1. The molecule has 0 unspecified atom stereocenters. The summed E-state index contributed by atoms with van der Waals surface area (Å²) in [5.74, 6) is -1.49. The van der Waals surface area contributed by atoms with Crippen molar-refractivity contribution < 1.29 is 23.1 Å². The quantitative estimate of drug-likeness (QED) is 0.754. The van der Waals surface area contributed by atoms with Crippen molar-refractivity contribution in [3.63, 3.8) is 0 Å². The lowest BCUT2D eigenvalue weighted by Crippen LogP contribution is -2.49. The summed E-state index contributed by atoms with van der Waals surface area (Å²) in [5, 5.41) is 12.9. The van der Waals surface area contributed by atoms with E-state index in [4.69, 9.17) is 0 Å². The van der Waals surface area contributed by atoms with Gasteiger partial charge >= 0.3 is 6.03 Å². The maximum absolute atomic E-state index is 13.5. The van der Waals surface area contributed by atoms with Crippen molar-refractivity contribution >= 4 is 21.8 Å². The maximum Gasteiger partial charge on any atom is 0.325 e. The fraction of sp³-hybridized carbons (Fsp3) is 0.263. The van der Waals surface area contributed by atoms with Crippen molar-refractivity contribution in [2.75, 3.05) is 11.5 Å². The van der Waals surface area contributed by atoms with E-state index >= 15 is 0 Å². The first-order valence-electron chi connectivity index (χ1n) is 8.50. The first-order chi connectivity index (χ1) is 12.8. The van der Waals surface area contributed by atoms with Crippen LogP contribution in [0.25, 0.3) is 0 Å². The minimum Gasteiger partial charge on any atom is -0.390 e. The van der Waals surface area contributed by atoms with Crippen molar-refractivity contribution in [3.05, 3.63) is 71.8 Å². The third-order valence-electron chi connectivity index (χ3n) is 5.09. The van der Waals surface area contributed by atoms with E-state index in [0.29, 0.717) is 11.1 Å². The second-order valence-electron chi connectivity index (χ2n) is 6.80. The average Bonchev–Trinajstić information content (AvgIpc) is 3.08. The highest BCUT2D eigenvalue weighted by Crippen LogP contribution is 2.38. The molecule has 2 aromatic rings. The Kier molecular flexibility index (Phi) is 4.05. The van der Waals surface area contributed by atoms with E-state index in [2.05, 4.69) is 5.32 Å². The topological polar surface area (TPSA) is 104 Å². The van der Waals surface area contributed by atoms with Gasteiger partial charge in [-0.2, -0.15) is 0 Å². The average molecular weight is 386 g/mol. The summed E-state index contributed by atoms with van der Waals surface area (Å²) in [6, 6.07) is 15.8. The van der Waals surface area contributed by atoms with Crippen LogP contribution in [-0.2, 0) is 20.2 Å². The minimum absolute atomic E-state index is 0.438. The second kappa shape index (κ2) is 6.17. The standard InChI is InChI=1S/C19H18N2O5S/c22-16-12-27(25,26)11-15(16)21-17(23)19(20-18(21)24,13-7-3-1-4-8-13)14-9-5-2-6-10-14/h1-10,15-16,22H,11-12H2,(H,20,24)/t15-,16+/m0/s1. The van der Waals surface area contributed by atoms with Crippen molar-refractivity contribution in [3.8, 4) is 0 Å². The maximum atomic E-state index is 13.5. The molecule has 2 heterocycles. The number of aliphatic hydroxyl groups is 1. The first-order valence-corrected chi connectivity index (χ1v) is 10.3. The van der Waals surface area contributed by atoms with E-state index in [1.54, 1.807) is 60.7 Å². The summed E-state index contributed by atoms with van der Waals surface area (Å²) in [5.41, 5.74) is -0.342. The number of carbonyl (C=O) groups excluding carboxylic acids is 2. The largest absolute Gasteiger partial charge is 0.390 e. The Morgan fingerprint density at radius 3 is 1.89 bits per heavy atom. The SMILES string of the molecule is O=C1NC(c2ccccc2)(c2ccccc2)C(=O)N1[C@H]1CS(=O)(=O)C[C@H]1O. The molecule has 2 aliphatic rings. The van der Waals surface area contributed by atoms with Crippen LogP contribution in [0, 0.1) is 0 Å². The monoisotopic (exact) mass is 386 g/mol. The molecule has 0 bridgehead atoms. The molecule has 0 spiro atoms. The molecule has 2 N–H and O–H groups in total. The van der Waals surface area contributed by atoms with Gasteiger partial charge in [-0.1, -0.05) is 60.7 Å². The molecular weight excluding hydrogens is 368 g/mol. The van der Waals surface area contributed by atoms with Crippen molar-refractivity contribution in [1.82, 2.24) is 10.2 Å². The van der Waals surface area contributed by atoms with Gasteiger partial charge in [0.05, 0.1) is 23.7 Å². The van der Waals surface area contributed by atoms with Gasteiger partial charge in [0.1, 0.15) is 0 Å². The van der Waals surface area contributed by atoms with Crippen LogP contribution in [0.2, 0.25) is 0 Å². The number of hydrogen-bond acceptors (Lipinski definition) is 5. The van der Waals surface area contributed by atoms with Crippen LogP contribution in [0.4, 0.5) is 4.79 Å². The first kappa shape index (κ1) is 17.7. The molecule has 2 aromatic carbocycles. The van der Waals surface area contributed by atoms with Gasteiger partial charge in [0.15, 0.2) is 15.4 Å². The summed E-state index contributed by atoms with van der Waals surface area (Å²) in [7, 11) is -3.52. The normalized spacial score (nSPS) is 26.2. The Morgan fingerprint density at radius 2 is 1.44 bits per heavy atom. The van der Waals surface area contributed by atoms with Crippen molar-refractivity contribution in [1.29, 1.82) is 0 Å². The number of imide groups is 1. The Hall–Kier alpha value is -2.71. The van der Waals surface area contributed by atoms with Gasteiger partial charge in [-0.25, -0.2) is 13.2 Å². The number of nitrogens with one attached hydrogen (secondary N) is 1. The zero-order valence-electron chi connectivity index (χ0n) is 14.3. The van der Waals surface area contributed by atoms with E-state index in [0.717, 1.165) is 4.90 Å². The van der Waals surface area contributed by atoms with E-state index in [-0.39, 0.29) is 0 Å². The highest BCUT2D eigenvalue weighted by Gasteiger charge is 2.58. The number of sulfone groups is 1. The number of hydrogen-bond donors (Lipinski definition) is 2. The second-order valence-corrected chi connectivity index (χ2v) is 8.95. The Morgan fingerprint density at radius 1 is 0.926 bits per heavy atom. The molecule has 27 heavy (non-hydrogen) atoms. The fourth-order valence-corrected chi connectivity index (χ4v) is 5.61. The summed E-state index contributed by atoms with van der Waals surface area (Å²) in [4.78, 5) is 27.2. The summed E-state index contributed by atoms with van der Waals surface area (Å²) in [6.07, 6.45) is -1.30. The number of rotatable bonds is 3. The zero-order chi connectivity index (χ0) is 19.2. The van der Waals surface area contributed by atoms with Crippen LogP contribution in [-0.4, -0.2) is 54.0 Å². The molecule has 140 valence electrons. The lowest BCUT2D eigenvalue weighted by molar-refractivity contribution is -0.132. The molecule has 2 saturated heterocycles. The van der Waals surface area contributed by atoms with E-state index in [9.17, 15) is 23.1 Å². The predicted octanol–water partition coefficient (Wildman–Crippen LogP) is 0.640. The number of aliphatic hydroxyl groups excluding tert-OH is 1. The van der Waals surface area contributed by atoms with E-state index < -0.39 is 51.0 Å². The number of urea groups is 1. The molecule has 4 rings (SSSR count). The molecular formula is C19H18N2O5S. The van der Waals surface area contributed by atoms with Gasteiger partial charge in [0.2, 0.25) is 0 Å². The smallest absolute Gasteiger partial charge is 0.325 e. The Bertz CT molecular complexity index is 952. The third kappa shape index (κ3) is 2.72. The van der Waals surface area contributed by atoms with Crippen molar-refractivity contribution in [2.24, 2.45) is 0 Å². The molecule has 2 atom stereocenters. The molecule has 3 amide bonds. The molecule has 7 nitrogen and oxygen atoms in total. The summed E-state index contributed by atoms with van der Waals surface area (Å²) in [6.45, 7) is 0. The van der Waals surface area contributed by atoms with Gasteiger partial charge in [-0.05, 0) is 11.1 Å². The minimum atomic E-state index is -3.52. The molecule has 0 radical (unpaired) electrons. The number of nitrogens with zero attached hydrogens (tertiary/aromatic N) is 1. The number of amides is 3. The van der Waals surface area contributed by atoms with Crippen LogP contribution in [0.15, 0.2) is 60.7 Å². The Balaban J connectivity index is 1.85. The van der Waals surface area contributed by atoms with Gasteiger partial charge in [-0.15, -0.1) is 0 Å². The summed E-state index contributed by atoms with van der Waals surface area (Å²) >= 11 is 0. The van der Waals surface area contributed by atoms with Crippen LogP contribution < -0.4 is 5.32 Å². The molecule has 2 aliphatic heterocycles. The number of carbonyl (C=O) groups is 2. The Labute approximate surface area is 156 Å². The summed E-state index contributed by atoms with van der Waals surface area (Å²) < 4.78 is 23.8. The third-order valence-corrected chi connectivity index (χ3v) is 6.79. The van der Waals surface area contributed by atoms with Gasteiger partial charge in [0, 0.05) is 0 Å². The highest BCUT2D eigenvalue weighted by atomic mass is 32.2. The van der Waals surface area contributed by atoms with Gasteiger partial charge < -0.3 is 10.4 Å². The predicted molar refractivity (Wildman–Crippen MR) is 97.5 cm³/mol. The molecule has 0 aromatic heterocycles. The number of benzene rings is 2. The van der Waals surface area contributed by atoms with Crippen LogP contribution in [0.1, 0.15) is 11.1 Å². The molecule has 8 heteroatoms.